The first-order valence-electron chi connectivity index (χ1n) is 14.0. The SMILES string of the molecule is CC(C)(C)OC(=O)N[C@H]1CCCCC/C=C\[C@H]2C[C@@]2(C(=O)NS(=O)(=O)C2(C)CC2)NC(=O)[C@@H]2CCCN2C1=O. The molecule has 0 aromatic carbocycles. The topological polar surface area (TPSA) is 151 Å². The fourth-order valence-electron chi connectivity index (χ4n) is 5.32. The molecule has 2 heterocycles. The number of amides is 4. The van der Waals surface area contributed by atoms with E-state index in [1.807, 2.05) is 12.2 Å². The predicted octanol–water partition coefficient (Wildman–Crippen LogP) is 2.26. The first-order valence-corrected chi connectivity index (χ1v) is 15.5. The second-order valence-electron chi connectivity index (χ2n) is 12.6. The van der Waals surface area contributed by atoms with Crippen molar-refractivity contribution in [1.82, 2.24) is 20.3 Å². The Morgan fingerprint density at radius 1 is 1.10 bits per heavy atom. The van der Waals surface area contributed by atoms with Crippen molar-refractivity contribution in [3.05, 3.63) is 12.2 Å². The molecule has 0 spiro atoms. The van der Waals surface area contributed by atoms with Gasteiger partial charge in [-0.1, -0.05) is 25.0 Å². The van der Waals surface area contributed by atoms with Crippen molar-refractivity contribution in [2.24, 2.45) is 5.92 Å². The number of sulfonamides is 1. The number of alkyl carbamates (subject to hydrolysis) is 1. The van der Waals surface area contributed by atoms with Crippen molar-refractivity contribution < 1.29 is 32.3 Å². The van der Waals surface area contributed by atoms with Crippen molar-refractivity contribution in [2.45, 2.75) is 120 Å². The lowest BCUT2D eigenvalue weighted by atomic mass is 10.0. The van der Waals surface area contributed by atoms with Crippen LogP contribution in [0.3, 0.4) is 0 Å². The fraction of sp³-hybridized carbons (Fsp3) is 0.778. The lowest BCUT2D eigenvalue weighted by Gasteiger charge is -2.30. The van der Waals surface area contributed by atoms with Gasteiger partial charge in [-0.05, 0) is 79.1 Å². The molecule has 3 fully saturated rings. The zero-order valence-electron chi connectivity index (χ0n) is 23.4. The maximum Gasteiger partial charge on any atom is 0.408 e. The molecule has 4 rings (SSSR count). The van der Waals surface area contributed by atoms with E-state index in [-0.39, 0.29) is 18.2 Å². The van der Waals surface area contributed by atoms with Gasteiger partial charge >= 0.3 is 6.09 Å². The Bertz CT molecular complexity index is 1140. The summed E-state index contributed by atoms with van der Waals surface area (Å²) in [4.78, 5) is 54.5. The molecular weight excluding hydrogens is 524 g/mol. The van der Waals surface area contributed by atoms with E-state index in [0.29, 0.717) is 45.1 Å². The average Bonchev–Trinajstić information content (AvgIpc) is 3.68. The van der Waals surface area contributed by atoms with E-state index in [2.05, 4.69) is 15.4 Å². The highest BCUT2D eigenvalue weighted by molar-refractivity contribution is 7.91. The second kappa shape index (κ2) is 10.7. The van der Waals surface area contributed by atoms with Crippen LogP contribution in [-0.2, 0) is 29.1 Å². The van der Waals surface area contributed by atoms with E-state index >= 15 is 0 Å². The molecule has 3 N–H and O–H groups in total. The van der Waals surface area contributed by atoms with Crippen LogP contribution in [0.25, 0.3) is 0 Å². The minimum absolute atomic E-state index is 0.288. The zero-order valence-corrected chi connectivity index (χ0v) is 24.2. The molecule has 0 aromatic rings. The van der Waals surface area contributed by atoms with Gasteiger partial charge in [0.1, 0.15) is 23.2 Å². The first kappa shape index (κ1) is 29.4. The van der Waals surface area contributed by atoms with Crippen molar-refractivity contribution >= 4 is 33.8 Å². The maximum absolute atomic E-state index is 13.6. The van der Waals surface area contributed by atoms with E-state index in [1.54, 1.807) is 27.7 Å². The number of carbonyl (C=O) groups excluding carboxylic acids is 4. The van der Waals surface area contributed by atoms with E-state index < -0.39 is 55.9 Å². The highest BCUT2D eigenvalue weighted by Crippen LogP contribution is 2.47. The van der Waals surface area contributed by atoms with Crippen LogP contribution in [-0.4, -0.2) is 71.6 Å². The molecular formula is C27H42N4O7S. The Labute approximate surface area is 230 Å². The van der Waals surface area contributed by atoms with Gasteiger partial charge in [-0.15, -0.1) is 0 Å². The van der Waals surface area contributed by atoms with Gasteiger partial charge in [0, 0.05) is 12.5 Å². The van der Waals surface area contributed by atoms with Crippen molar-refractivity contribution in [3.63, 3.8) is 0 Å². The van der Waals surface area contributed by atoms with Crippen LogP contribution in [0.1, 0.15) is 91.9 Å². The summed E-state index contributed by atoms with van der Waals surface area (Å²) in [6, 6.07) is -1.66. The zero-order chi connectivity index (χ0) is 28.6. The second-order valence-corrected chi connectivity index (χ2v) is 14.8. The summed E-state index contributed by atoms with van der Waals surface area (Å²) in [5.41, 5.74) is -2.10. The first-order chi connectivity index (χ1) is 18.2. The molecule has 39 heavy (non-hydrogen) atoms. The average molecular weight is 567 g/mol. The van der Waals surface area contributed by atoms with Crippen LogP contribution in [0, 0.1) is 5.92 Å². The standard InChI is InChI=1S/C27H42N4O7S/c1-25(2,3)38-24(35)28-19-12-9-7-5-6-8-11-18-17-27(18,23(34)30-39(36,37)26(4)14-15-26)29-21(32)20-13-10-16-31(20)22(19)33/h8,11,18-20H,5-7,9-10,12-17H2,1-4H3,(H,28,35)(H,29,32)(H,30,34)/b11-8-/t18-,19-,20-,27+/m0/s1. The smallest absolute Gasteiger partial charge is 0.408 e. The van der Waals surface area contributed by atoms with E-state index in [1.165, 1.54) is 4.90 Å². The van der Waals surface area contributed by atoms with Crippen LogP contribution >= 0.6 is 0 Å². The molecule has 4 aliphatic rings. The third kappa shape index (κ3) is 6.58. The molecule has 4 atom stereocenters. The van der Waals surface area contributed by atoms with Crippen LogP contribution in [0.5, 0.6) is 0 Å². The summed E-state index contributed by atoms with van der Waals surface area (Å²) in [6.07, 6.45) is 8.96. The number of carbonyl (C=O) groups is 4. The van der Waals surface area contributed by atoms with Crippen LogP contribution in [0.4, 0.5) is 4.79 Å². The Morgan fingerprint density at radius 3 is 2.49 bits per heavy atom. The lowest BCUT2D eigenvalue weighted by molar-refractivity contribution is -0.141. The number of hydrogen-bond acceptors (Lipinski definition) is 7. The van der Waals surface area contributed by atoms with Gasteiger partial charge in [0.05, 0.1) is 4.75 Å². The number of ether oxygens (including phenoxy) is 1. The molecule has 218 valence electrons. The summed E-state index contributed by atoms with van der Waals surface area (Å²) in [7, 11) is -3.88. The van der Waals surface area contributed by atoms with Crippen molar-refractivity contribution in [3.8, 4) is 0 Å². The van der Waals surface area contributed by atoms with Gasteiger partial charge < -0.3 is 20.3 Å². The summed E-state index contributed by atoms with van der Waals surface area (Å²) in [5, 5.41) is 5.54. The molecule has 0 aromatic heterocycles. The Morgan fingerprint density at radius 2 is 1.82 bits per heavy atom. The number of fused-ring (bicyclic) bond motifs is 2. The maximum atomic E-state index is 13.6. The number of nitrogens with one attached hydrogen (secondary N) is 3. The molecule has 1 saturated heterocycles. The van der Waals surface area contributed by atoms with E-state index in [9.17, 15) is 27.6 Å². The Kier molecular flexibility index (Phi) is 8.08. The normalized spacial score (nSPS) is 31.9. The quantitative estimate of drug-likeness (QED) is 0.442. The van der Waals surface area contributed by atoms with Gasteiger partial charge in [0.15, 0.2) is 0 Å². The molecule has 2 saturated carbocycles. The summed E-state index contributed by atoms with van der Waals surface area (Å²) in [5.74, 6) is -1.92. The largest absolute Gasteiger partial charge is 0.444 e. The third-order valence-corrected chi connectivity index (χ3v) is 10.3. The summed E-state index contributed by atoms with van der Waals surface area (Å²) in [6.45, 7) is 7.17. The van der Waals surface area contributed by atoms with Gasteiger partial charge in [-0.2, -0.15) is 0 Å². The highest BCUT2D eigenvalue weighted by Gasteiger charge is 2.62. The minimum atomic E-state index is -3.88. The monoisotopic (exact) mass is 566 g/mol. The van der Waals surface area contributed by atoms with Crippen LogP contribution < -0.4 is 15.4 Å². The van der Waals surface area contributed by atoms with Gasteiger partial charge in [-0.3, -0.25) is 19.1 Å². The van der Waals surface area contributed by atoms with E-state index in [0.717, 1.165) is 19.3 Å². The molecule has 4 amide bonds. The van der Waals surface area contributed by atoms with Crippen LogP contribution in [0.15, 0.2) is 12.2 Å². The molecule has 0 unspecified atom stereocenters. The summed E-state index contributed by atoms with van der Waals surface area (Å²) < 4.78 is 32.2. The molecule has 12 heteroatoms. The molecule has 0 bridgehead atoms. The van der Waals surface area contributed by atoms with Crippen molar-refractivity contribution in [1.29, 1.82) is 0 Å². The van der Waals surface area contributed by atoms with Crippen LogP contribution in [0.2, 0.25) is 0 Å². The van der Waals surface area contributed by atoms with E-state index in [4.69, 9.17) is 4.74 Å². The number of hydrogen-bond donors (Lipinski definition) is 3. The summed E-state index contributed by atoms with van der Waals surface area (Å²) >= 11 is 0. The van der Waals surface area contributed by atoms with Gasteiger partial charge in [0.25, 0.3) is 5.91 Å². The highest BCUT2D eigenvalue weighted by atomic mass is 32.2. The molecule has 2 aliphatic carbocycles. The van der Waals surface area contributed by atoms with Gasteiger partial charge in [-0.25, -0.2) is 13.2 Å². The third-order valence-electron chi connectivity index (χ3n) is 8.16. The molecule has 11 nitrogen and oxygen atoms in total. The molecule has 0 radical (unpaired) electrons. The van der Waals surface area contributed by atoms with Crippen molar-refractivity contribution in [2.75, 3.05) is 6.54 Å². The number of rotatable bonds is 4. The molecule has 2 aliphatic heterocycles. The fourth-order valence-corrected chi connectivity index (χ4v) is 6.64. The Hall–Kier alpha value is -2.63. The number of allylic oxidation sites excluding steroid dienone is 1. The predicted molar refractivity (Wildman–Crippen MR) is 144 cm³/mol. The number of nitrogens with zero attached hydrogens (tertiary/aromatic N) is 1. The minimum Gasteiger partial charge on any atom is -0.444 e. The Balaban J connectivity index is 1.55. The van der Waals surface area contributed by atoms with Gasteiger partial charge in [0.2, 0.25) is 21.8 Å². The lowest BCUT2D eigenvalue weighted by Crippen LogP contribution is -2.58.